The maximum absolute atomic E-state index is 12.0. The molecule has 24 heavy (non-hydrogen) atoms. The van der Waals surface area contributed by atoms with E-state index in [1.165, 1.54) is 7.11 Å². The third-order valence-electron chi connectivity index (χ3n) is 3.25. The van der Waals surface area contributed by atoms with Gasteiger partial charge in [0.1, 0.15) is 0 Å². The molecular weight excluding hydrogens is 419 g/mol. The number of para-hydroxylation sites is 1. The lowest BCUT2D eigenvalue weighted by molar-refractivity contribution is -0.116. The lowest BCUT2D eigenvalue weighted by atomic mass is 10.2. The van der Waals surface area contributed by atoms with Crippen LogP contribution in [0.5, 0.6) is 11.5 Å². The van der Waals surface area contributed by atoms with Gasteiger partial charge < -0.3 is 14.8 Å². The van der Waals surface area contributed by atoms with Crippen molar-refractivity contribution < 1.29 is 14.3 Å². The molecule has 0 saturated carbocycles. The molecule has 0 saturated heterocycles. The molecule has 0 spiro atoms. The number of nitrogens with zero attached hydrogens (tertiary/aromatic N) is 1. The number of anilines is 1. The monoisotopic (exact) mass is 436 g/mol. The Labute approximate surface area is 154 Å². The van der Waals surface area contributed by atoms with Crippen LogP contribution in [0.2, 0.25) is 0 Å². The van der Waals surface area contributed by atoms with Crippen molar-refractivity contribution in [2.75, 3.05) is 19.0 Å². The molecule has 2 rings (SSSR count). The second-order valence-corrected chi connectivity index (χ2v) is 6.12. The zero-order valence-corrected chi connectivity index (χ0v) is 15.4. The number of ether oxygens (including phenoxy) is 2. The van der Waals surface area contributed by atoms with Crippen molar-refractivity contribution >= 4 is 34.2 Å². The van der Waals surface area contributed by atoms with Gasteiger partial charge in [0.15, 0.2) is 11.5 Å². The van der Waals surface area contributed by atoms with E-state index in [2.05, 4.69) is 27.9 Å². The molecule has 0 atom stereocenters. The van der Waals surface area contributed by atoms with Crippen LogP contribution in [-0.4, -0.2) is 19.6 Å². The van der Waals surface area contributed by atoms with Crippen LogP contribution in [0.4, 0.5) is 5.69 Å². The first kappa shape index (κ1) is 18.1. The smallest absolute Gasteiger partial charge is 0.224 e. The summed E-state index contributed by atoms with van der Waals surface area (Å²) in [6, 6.07) is 14.7. The molecule has 5 nitrogen and oxygen atoms in total. The van der Waals surface area contributed by atoms with E-state index in [0.29, 0.717) is 36.5 Å². The van der Waals surface area contributed by atoms with E-state index in [9.17, 15) is 4.79 Å². The Balaban J connectivity index is 1.80. The van der Waals surface area contributed by atoms with Crippen molar-refractivity contribution in [2.24, 2.45) is 0 Å². The summed E-state index contributed by atoms with van der Waals surface area (Å²) in [6.45, 7) is 0.390. The number of carbonyl (C=O) groups excluding carboxylic acids is 1. The second kappa shape index (κ2) is 9.13. The SMILES string of the molecule is COc1cc(C#N)ccc1OCCCC(=O)Nc1ccccc1I. The van der Waals surface area contributed by atoms with Gasteiger partial charge in [0, 0.05) is 16.1 Å². The Kier molecular flexibility index (Phi) is 6.88. The number of benzene rings is 2. The molecule has 0 fully saturated rings. The first-order chi connectivity index (χ1) is 11.6. The fraction of sp³-hybridized carbons (Fsp3) is 0.222. The molecule has 0 bridgehead atoms. The zero-order valence-electron chi connectivity index (χ0n) is 13.2. The number of rotatable bonds is 7. The molecule has 0 unspecified atom stereocenters. The lowest BCUT2D eigenvalue weighted by Gasteiger charge is -2.11. The van der Waals surface area contributed by atoms with E-state index >= 15 is 0 Å². The van der Waals surface area contributed by atoms with E-state index in [-0.39, 0.29) is 5.91 Å². The highest BCUT2D eigenvalue weighted by molar-refractivity contribution is 14.1. The number of hydrogen-bond donors (Lipinski definition) is 1. The average molecular weight is 436 g/mol. The number of hydrogen-bond acceptors (Lipinski definition) is 4. The summed E-state index contributed by atoms with van der Waals surface area (Å²) in [5, 5.41) is 11.8. The lowest BCUT2D eigenvalue weighted by Crippen LogP contribution is -2.13. The summed E-state index contributed by atoms with van der Waals surface area (Å²) in [7, 11) is 1.53. The van der Waals surface area contributed by atoms with E-state index in [1.807, 2.05) is 30.3 Å². The maximum Gasteiger partial charge on any atom is 0.224 e. The molecule has 0 radical (unpaired) electrons. The van der Waals surface area contributed by atoms with Crippen molar-refractivity contribution in [1.82, 2.24) is 0 Å². The molecule has 1 amide bonds. The molecule has 6 heteroatoms. The third kappa shape index (κ3) is 5.13. The van der Waals surface area contributed by atoms with Crippen molar-refractivity contribution in [2.45, 2.75) is 12.8 Å². The highest BCUT2D eigenvalue weighted by Crippen LogP contribution is 2.28. The topological polar surface area (TPSA) is 71.3 Å². The largest absolute Gasteiger partial charge is 0.493 e. The predicted molar refractivity (Wildman–Crippen MR) is 100 cm³/mol. The van der Waals surface area contributed by atoms with Crippen LogP contribution in [-0.2, 0) is 4.79 Å². The number of methoxy groups -OCH3 is 1. The predicted octanol–water partition coefficient (Wildman–Crippen LogP) is 3.97. The summed E-state index contributed by atoms with van der Waals surface area (Å²) in [6.07, 6.45) is 0.946. The molecule has 0 aliphatic rings. The number of carbonyl (C=O) groups is 1. The summed E-state index contributed by atoms with van der Waals surface area (Å²) >= 11 is 2.18. The van der Waals surface area contributed by atoms with Gasteiger partial charge in [-0.15, -0.1) is 0 Å². The molecule has 0 heterocycles. The van der Waals surface area contributed by atoms with Crippen LogP contribution in [0, 0.1) is 14.9 Å². The van der Waals surface area contributed by atoms with E-state index in [0.717, 1.165) is 9.26 Å². The second-order valence-electron chi connectivity index (χ2n) is 4.96. The minimum Gasteiger partial charge on any atom is -0.493 e. The van der Waals surface area contributed by atoms with Gasteiger partial charge in [-0.2, -0.15) is 5.26 Å². The quantitative estimate of drug-likeness (QED) is 0.527. The van der Waals surface area contributed by atoms with Gasteiger partial charge in [0.2, 0.25) is 5.91 Å². The minimum absolute atomic E-state index is 0.0468. The molecule has 2 aromatic rings. The van der Waals surface area contributed by atoms with Crippen LogP contribution < -0.4 is 14.8 Å². The Morgan fingerprint density at radius 3 is 2.75 bits per heavy atom. The van der Waals surface area contributed by atoms with E-state index in [4.69, 9.17) is 14.7 Å². The van der Waals surface area contributed by atoms with Crippen molar-refractivity contribution in [3.63, 3.8) is 0 Å². The Hall–Kier alpha value is -2.27. The van der Waals surface area contributed by atoms with Crippen molar-refractivity contribution in [3.8, 4) is 17.6 Å². The number of nitrogens with one attached hydrogen (secondary N) is 1. The van der Waals surface area contributed by atoms with Crippen molar-refractivity contribution in [1.29, 1.82) is 5.26 Å². The maximum atomic E-state index is 12.0. The molecule has 0 aliphatic carbocycles. The average Bonchev–Trinajstić information content (AvgIpc) is 2.60. The van der Waals surface area contributed by atoms with Gasteiger partial charge >= 0.3 is 0 Å². The summed E-state index contributed by atoms with van der Waals surface area (Å²) in [5.41, 5.74) is 1.33. The number of nitriles is 1. The third-order valence-corrected chi connectivity index (χ3v) is 4.19. The fourth-order valence-corrected chi connectivity index (χ4v) is 2.57. The Morgan fingerprint density at radius 1 is 1.25 bits per heavy atom. The molecular formula is C18H17IN2O3. The number of amides is 1. The molecule has 0 aliphatic heterocycles. The molecule has 0 aromatic heterocycles. The van der Waals surface area contributed by atoms with E-state index < -0.39 is 0 Å². The van der Waals surface area contributed by atoms with Crippen LogP contribution >= 0.6 is 22.6 Å². The van der Waals surface area contributed by atoms with Crippen LogP contribution in [0.3, 0.4) is 0 Å². The fourth-order valence-electron chi connectivity index (χ4n) is 2.05. The number of halogens is 1. The van der Waals surface area contributed by atoms with Gasteiger partial charge in [-0.25, -0.2) is 0 Å². The Bertz CT molecular complexity index is 756. The Morgan fingerprint density at radius 2 is 2.04 bits per heavy atom. The van der Waals surface area contributed by atoms with Gasteiger partial charge in [0.05, 0.1) is 31.0 Å². The van der Waals surface area contributed by atoms with Gasteiger partial charge in [-0.3, -0.25) is 4.79 Å². The minimum atomic E-state index is -0.0468. The van der Waals surface area contributed by atoms with Crippen molar-refractivity contribution in [3.05, 3.63) is 51.6 Å². The highest BCUT2D eigenvalue weighted by Gasteiger charge is 2.08. The first-order valence-corrected chi connectivity index (χ1v) is 8.47. The van der Waals surface area contributed by atoms with Crippen LogP contribution in [0.25, 0.3) is 0 Å². The molecule has 1 N–H and O–H groups in total. The van der Waals surface area contributed by atoms with Gasteiger partial charge in [-0.05, 0) is 53.3 Å². The summed E-state index contributed by atoms with van der Waals surface area (Å²) in [5.74, 6) is 1.03. The summed E-state index contributed by atoms with van der Waals surface area (Å²) in [4.78, 5) is 12.0. The standard InChI is InChI=1S/C18H17IN2O3/c1-23-17-11-13(12-20)8-9-16(17)24-10-4-7-18(22)21-15-6-3-2-5-14(15)19/h2-3,5-6,8-9,11H,4,7,10H2,1H3,(H,21,22). The van der Waals surface area contributed by atoms with Crippen LogP contribution in [0.15, 0.2) is 42.5 Å². The van der Waals surface area contributed by atoms with Gasteiger partial charge in [-0.1, -0.05) is 12.1 Å². The van der Waals surface area contributed by atoms with Gasteiger partial charge in [0.25, 0.3) is 0 Å². The van der Waals surface area contributed by atoms with E-state index in [1.54, 1.807) is 18.2 Å². The molecule has 2 aromatic carbocycles. The van der Waals surface area contributed by atoms with Crippen LogP contribution in [0.1, 0.15) is 18.4 Å². The molecule has 124 valence electrons. The summed E-state index contributed by atoms with van der Waals surface area (Å²) < 4.78 is 11.8. The zero-order chi connectivity index (χ0) is 17.4. The normalized spacial score (nSPS) is 9.88. The highest BCUT2D eigenvalue weighted by atomic mass is 127. The first-order valence-electron chi connectivity index (χ1n) is 7.39.